The zero-order valence-electron chi connectivity index (χ0n) is 19.7. The number of anilines is 1. The maximum Gasteiger partial charge on any atom is 0.248 e. The molecule has 0 saturated heterocycles. The van der Waals surface area contributed by atoms with Crippen LogP contribution >= 0.6 is 11.3 Å². The maximum absolute atomic E-state index is 13.7. The molecule has 0 aliphatic carbocycles. The first-order valence-corrected chi connectivity index (χ1v) is 12.1. The fraction of sp³-hybridized carbons (Fsp3) is 0.179. The minimum Gasteiger partial charge on any atom is -0.497 e. The van der Waals surface area contributed by atoms with Gasteiger partial charge in [-0.3, -0.25) is 19.5 Å². The number of carbonyl (C=O) groups excluding carboxylic acids is 2. The van der Waals surface area contributed by atoms with Gasteiger partial charge in [0.1, 0.15) is 11.8 Å². The molecule has 4 aromatic rings. The van der Waals surface area contributed by atoms with Gasteiger partial charge in [-0.05, 0) is 71.5 Å². The predicted octanol–water partition coefficient (Wildman–Crippen LogP) is 5.09. The molecule has 2 heterocycles. The van der Waals surface area contributed by atoms with Crippen molar-refractivity contribution in [2.24, 2.45) is 0 Å². The molecule has 35 heavy (non-hydrogen) atoms. The number of thiophene rings is 1. The van der Waals surface area contributed by atoms with E-state index in [1.807, 2.05) is 73.0 Å². The topological polar surface area (TPSA) is 71.5 Å². The lowest BCUT2D eigenvalue weighted by atomic mass is 10.0. The zero-order chi connectivity index (χ0) is 24.6. The molecule has 0 fully saturated rings. The Morgan fingerprint density at radius 1 is 1.03 bits per heavy atom. The van der Waals surface area contributed by atoms with E-state index >= 15 is 0 Å². The van der Waals surface area contributed by atoms with Crippen LogP contribution in [0.15, 0.2) is 90.6 Å². The molecular weight excluding hydrogens is 458 g/mol. The van der Waals surface area contributed by atoms with E-state index in [9.17, 15) is 9.59 Å². The molecule has 7 heteroatoms. The highest BCUT2D eigenvalue weighted by molar-refractivity contribution is 7.10. The monoisotopic (exact) mass is 485 g/mol. The third-order valence-corrected chi connectivity index (χ3v) is 6.48. The van der Waals surface area contributed by atoms with Crippen LogP contribution in [0.5, 0.6) is 5.75 Å². The van der Waals surface area contributed by atoms with Gasteiger partial charge in [-0.25, -0.2) is 0 Å². The summed E-state index contributed by atoms with van der Waals surface area (Å²) in [7, 11) is 1.61. The third-order valence-electron chi connectivity index (χ3n) is 5.61. The number of hydrogen-bond donors (Lipinski definition) is 1. The molecule has 2 aromatic carbocycles. The van der Waals surface area contributed by atoms with Crippen molar-refractivity contribution in [3.63, 3.8) is 0 Å². The Hall–Kier alpha value is -3.97. The molecule has 1 N–H and O–H groups in total. The smallest absolute Gasteiger partial charge is 0.248 e. The molecule has 0 unspecified atom stereocenters. The lowest BCUT2D eigenvalue weighted by molar-refractivity contribution is -0.126. The summed E-state index contributed by atoms with van der Waals surface area (Å²) in [5.74, 6) is 0.326. The minimum absolute atomic E-state index is 0.153. The lowest BCUT2D eigenvalue weighted by Crippen LogP contribution is -2.44. The normalized spacial score (nSPS) is 11.5. The van der Waals surface area contributed by atoms with Crippen molar-refractivity contribution in [1.82, 2.24) is 10.3 Å². The number of hydrogen-bond acceptors (Lipinski definition) is 5. The summed E-state index contributed by atoms with van der Waals surface area (Å²) in [5, 5.41) is 4.97. The van der Waals surface area contributed by atoms with Gasteiger partial charge in [-0.1, -0.05) is 30.3 Å². The largest absolute Gasteiger partial charge is 0.497 e. The zero-order valence-corrected chi connectivity index (χ0v) is 20.5. The van der Waals surface area contributed by atoms with Crippen molar-refractivity contribution >= 4 is 28.8 Å². The highest BCUT2D eigenvalue weighted by Crippen LogP contribution is 2.30. The van der Waals surface area contributed by atoms with E-state index in [2.05, 4.69) is 10.3 Å². The fourth-order valence-corrected chi connectivity index (χ4v) is 4.55. The van der Waals surface area contributed by atoms with Gasteiger partial charge < -0.3 is 10.1 Å². The molecule has 0 saturated carbocycles. The number of aromatic nitrogens is 1. The van der Waals surface area contributed by atoms with Crippen LogP contribution in [0.25, 0.3) is 0 Å². The fourth-order valence-electron chi connectivity index (χ4n) is 3.85. The Kier molecular flexibility index (Phi) is 7.90. The molecule has 6 nitrogen and oxygen atoms in total. The van der Waals surface area contributed by atoms with E-state index in [4.69, 9.17) is 4.74 Å². The second kappa shape index (κ2) is 11.4. The van der Waals surface area contributed by atoms with Crippen molar-refractivity contribution in [1.29, 1.82) is 0 Å². The van der Waals surface area contributed by atoms with Gasteiger partial charge in [0, 0.05) is 29.5 Å². The molecule has 178 valence electrons. The van der Waals surface area contributed by atoms with E-state index in [0.29, 0.717) is 17.8 Å². The van der Waals surface area contributed by atoms with Gasteiger partial charge in [0.05, 0.1) is 13.5 Å². The molecule has 4 rings (SSSR count). The molecule has 2 aromatic heterocycles. The van der Waals surface area contributed by atoms with Crippen LogP contribution in [-0.4, -0.2) is 23.9 Å². The van der Waals surface area contributed by atoms with Gasteiger partial charge in [-0.2, -0.15) is 0 Å². The SMILES string of the molecule is COc1ccc(CNC(=O)[C@@H](c2ccncc2)N(C(=O)Cc2cccs2)c2cccc(C)c2)cc1. The second-order valence-electron chi connectivity index (χ2n) is 8.11. The van der Waals surface area contributed by atoms with Gasteiger partial charge in [-0.15, -0.1) is 11.3 Å². The Morgan fingerprint density at radius 3 is 2.46 bits per heavy atom. The van der Waals surface area contributed by atoms with E-state index in [1.165, 1.54) is 11.3 Å². The molecule has 0 bridgehead atoms. The molecule has 0 aliphatic rings. The van der Waals surface area contributed by atoms with Crippen LogP contribution in [0.3, 0.4) is 0 Å². The number of methoxy groups -OCH3 is 1. The Labute approximate surface area is 209 Å². The number of benzene rings is 2. The molecule has 1 atom stereocenters. The number of pyridine rings is 1. The molecule has 2 amide bonds. The van der Waals surface area contributed by atoms with Crippen LogP contribution < -0.4 is 15.0 Å². The predicted molar refractivity (Wildman–Crippen MR) is 139 cm³/mol. The van der Waals surface area contributed by atoms with Crippen molar-refractivity contribution in [2.75, 3.05) is 12.0 Å². The van der Waals surface area contributed by atoms with E-state index in [0.717, 1.165) is 21.8 Å². The van der Waals surface area contributed by atoms with Crippen LogP contribution in [0.2, 0.25) is 0 Å². The summed E-state index contributed by atoms with van der Waals surface area (Å²) >= 11 is 1.53. The van der Waals surface area contributed by atoms with Crippen LogP contribution in [0.1, 0.15) is 27.6 Å². The highest BCUT2D eigenvalue weighted by atomic mass is 32.1. The van der Waals surface area contributed by atoms with Gasteiger partial charge in [0.25, 0.3) is 0 Å². The number of amides is 2. The summed E-state index contributed by atoms with van der Waals surface area (Å²) in [4.78, 5) is 34.1. The van der Waals surface area contributed by atoms with Crippen LogP contribution in [-0.2, 0) is 22.6 Å². The van der Waals surface area contributed by atoms with Crippen molar-refractivity contribution < 1.29 is 14.3 Å². The number of rotatable bonds is 9. The van der Waals surface area contributed by atoms with Gasteiger partial charge >= 0.3 is 0 Å². The van der Waals surface area contributed by atoms with Crippen LogP contribution in [0, 0.1) is 6.92 Å². The average Bonchev–Trinajstić information content (AvgIpc) is 3.39. The quantitative estimate of drug-likeness (QED) is 0.358. The number of nitrogens with one attached hydrogen (secondary N) is 1. The maximum atomic E-state index is 13.7. The minimum atomic E-state index is -0.856. The van der Waals surface area contributed by atoms with E-state index in [1.54, 1.807) is 36.5 Å². The first-order valence-electron chi connectivity index (χ1n) is 11.3. The second-order valence-corrected chi connectivity index (χ2v) is 9.14. The van der Waals surface area contributed by atoms with Crippen molar-refractivity contribution in [3.8, 4) is 5.75 Å². The number of aryl methyl sites for hydroxylation is 1. The van der Waals surface area contributed by atoms with Crippen molar-refractivity contribution in [3.05, 3.63) is 112 Å². The molecular formula is C28H27N3O3S. The first-order chi connectivity index (χ1) is 17.0. The first kappa shape index (κ1) is 24.2. The van der Waals surface area contributed by atoms with Gasteiger partial charge in [0.2, 0.25) is 11.8 Å². The summed E-state index contributed by atoms with van der Waals surface area (Å²) < 4.78 is 5.21. The Bertz CT molecular complexity index is 1260. The lowest BCUT2D eigenvalue weighted by Gasteiger charge is -2.31. The van der Waals surface area contributed by atoms with Gasteiger partial charge in [0.15, 0.2) is 0 Å². The Morgan fingerprint density at radius 2 is 1.80 bits per heavy atom. The number of carbonyl (C=O) groups is 2. The summed E-state index contributed by atoms with van der Waals surface area (Å²) in [6.07, 6.45) is 3.48. The highest BCUT2D eigenvalue weighted by Gasteiger charge is 2.33. The van der Waals surface area contributed by atoms with E-state index < -0.39 is 6.04 Å². The third kappa shape index (κ3) is 6.13. The summed E-state index contributed by atoms with van der Waals surface area (Å²) in [5.41, 5.74) is 3.30. The summed E-state index contributed by atoms with van der Waals surface area (Å²) in [6, 6.07) is 21.7. The van der Waals surface area contributed by atoms with Crippen LogP contribution in [0.4, 0.5) is 5.69 Å². The number of ether oxygens (including phenoxy) is 1. The molecule has 0 aliphatic heterocycles. The van der Waals surface area contributed by atoms with E-state index in [-0.39, 0.29) is 18.2 Å². The van der Waals surface area contributed by atoms with Crippen molar-refractivity contribution in [2.45, 2.75) is 25.9 Å². The standard InChI is InChI=1S/C28H27N3O3S/c1-20-5-3-6-23(17-20)31(26(32)18-25-7-4-16-35-25)27(22-12-14-29-15-13-22)28(33)30-19-21-8-10-24(34-2)11-9-21/h3-17,27H,18-19H2,1-2H3,(H,30,33)/t27-/m1/s1. The molecule has 0 radical (unpaired) electrons. The Balaban J connectivity index is 1.68. The average molecular weight is 486 g/mol. The molecule has 0 spiro atoms. The summed E-state index contributed by atoms with van der Waals surface area (Å²) in [6.45, 7) is 2.29. The number of nitrogens with zero attached hydrogens (tertiary/aromatic N) is 2.